The molecule has 0 unspecified atom stereocenters. The van der Waals surface area contributed by atoms with Crippen LogP contribution in [0.3, 0.4) is 0 Å². The van der Waals surface area contributed by atoms with E-state index in [1.165, 1.54) is 5.56 Å². The first-order valence-electron chi connectivity index (χ1n) is 5.33. The highest BCUT2D eigenvalue weighted by atomic mass is 32.2. The van der Waals surface area contributed by atoms with Gasteiger partial charge in [0.05, 0.1) is 10.8 Å². The van der Waals surface area contributed by atoms with Crippen LogP contribution in [0.4, 0.5) is 0 Å². The van der Waals surface area contributed by atoms with E-state index in [1.54, 1.807) is 0 Å². The summed E-state index contributed by atoms with van der Waals surface area (Å²) in [7, 11) is -0.838. The van der Waals surface area contributed by atoms with E-state index in [1.807, 2.05) is 31.2 Å². The van der Waals surface area contributed by atoms with Crippen molar-refractivity contribution in [1.82, 2.24) is 0 Å². The molecule has 84 valence electrons. The SMILES string of the molecule is Cc1ccc([S@](=O)CCC(C)(C)C)cc1. The van der Waals surface area contributed by atoms with E-state index in [-0.39, 0.29) is 5.41 Å². The molecule has 1 aromatic carbocycles. The van der Waals surface area contributed by atoms with Crippen molar-refractivity contribution in [3.8, 4) is 0 Å². The van der Waals surface area contributed by atoms with Crippen molar-refractivity contribution < 1.29 is 4.21 Å². The van der Waals surface area contributed by atoms with Crippen LogP contribution in [0.2, 0.25) is 0 Å². The Kier molecular flexibility index (Phi) is 4.09. The smallest absolute Gasteiger partial charge is 0.0529 e. The van der Waals surface area contributed by atoms with Crippen LogP contribution >= 0.6 is 0 Å². The zero-order valence-electron chi connectivity index (χ0n) is 10.0. The van der Waals surface area contributed by atoms with Gasteiger partial charge < -0.3 is 0 Å². The van der Waals surface area contributed by atoms with Crippen molar-refractivity contribution in [3.05, 3.63) is 29.8 Å². The van der Waals surface area contributed by atoms with Gasteiger partial charge in [0, 0.05) is 10.6 Å². The molecular weight excluding hydrogens is 204 g/mol. The number of rotatable bonds is 3. The summed E-state index contributed by atoms with van der Waals surface area (Å²) in [5.74, 6) is 0.757. The molecule has 0 radical (unpaired) electrons. The largest absolute Gasteiger partial charge is 0.254 e. The lowest BCUT2D eigenvalue weighted by Crippen LogP contribution is -2.10. The van der Waals surface area contributed by atoms with Gasteiger partial charge in [-0.15, -0.1) is 0 Å². The minimum absolute atomic E-state index is 0.264. The van der Waals surface area contributed by atoms with Gasteiger partial charge in [-0.3, -0.25) is 4.21 Å². The molecule has 0 aliphatic heterocycles. The molecule has 0 heterocycles. The second-order valence-electron chi connectivity index (χ2n) is 5.17. The van der Waals surface area contributed by atoms with Crippen LogP contribution in [-0.4, -0.2) is 9.96 Å². The average molecular weight is 224 g/mol. The second-order valence-corrected chi connectivity index (χ2v) is 6.74. The zero-order chi connectivity index (χ0) is 11.5. The molecule has 0 bridgehead atoms. The van der Waals surface area contributed by atoms with Crippen LogP contribution in [0.15, 0.2) is 29.2 Å². The third-order valence-corrected chi connectivity index (χ3v) is 3.69. The van der Waals surface area contributed by atoms with Crippen molar-refractivity contribution in [2.45, 2.75) is 39.0 Å². The van der Waals surface area contributed by atoms with Gasteiger partial charge in [0.1, 0.15) is 0 Å². The third kappa shape index (κ3) is 4.61. The van der Waals surface area contributed by atoms with Gasteiger partial charge in [-0.25, -0.2) is 0 Å². The molecule has 15 heavy (non-hydrogen) atoms. The predicted molar refractivity (Wildman–Crippen MR) is 66.5 cm³/mol. The van der Waals surface area contributed by atoms with Gasteiger partial charge >= 0.3 is 0 Å². The van der Waals surface area contributed by atoms with Crippen molar-refractivity contribution in [1.29, 1.82) is 0 Å². The fourth-order valence-electron chi connectivity index (χ4n) is 1.21. The molecule has 0 aromatic heterocycles. The first kappa shape index (κ1) is 12.4. The Morgan fingerprint density at radius 1 is 1.13 bits per heavy atom. The Bertz CT molecular complexity index is 333. The third-order valence-electron chi connectivity index (χ3n) is 2.32. The second kappa shape index (κ2) is 4.93. The first-order chi connectivity index (χ1) is 6.88. The lowest BCUT2D eigenvalue weighted by Gasteiger charge is -2.17. The van der Waals surface area contributed by atoms with Crippen molar-refractivity contribution in [2.24, 2.45) is 5.41 Å². The van der Waals surface area contributed by atoms with E-state index in [4.69, 9.17) is 0 Å². The fraction of sp³-hybridized carbons (Fsp3) is 0.538. The maximum absolute atomic E-state index is 11.9. The van der Waals surface area contributed by atoms with Gasteiger partial charge in [-0.05, 0) is 30.9 Å². The number of hydrogen-bond acceptors (Lipinski definition) is 1. The van der Waals surface area contributed by atoms with Crippen LogP contribution in [0.5, 0.6) is 0 Å². The van der Waals surface area contributed by atoms with Gasteiger partial charge in [0.15, 0.2) is 0 Å². The molecule has 0 spiro atoms. The summed E-state index contributed by atoms with van der Waals surface area (Å²) in [4.78, 5) is 0.949. The van der Waals surface area contributed by atoms with Crippen LogP contribution < -0.4 is 0 Å². The standard InChI is InChI=1S/C13H20OS/c1-11-5-7-12(8-6-11)15(14)10-9-13(2,3)4/h5-8H,9-10H2,1-4H3/t15-/m1/s1. The molecule has 0 saturated heterocycles. The molecule has 1 rings (SSSR count). The molecule has 0 fully saturated rings. The Morgan fingerprint density at radius 2 is 1.67 bits per heavy atom. The maximum atomic E-state index is 11.9. The summed E-state index contributed by atoms with van der Waals surface area (Å²) in [5, 5.41) is 0. The Hall–Kier alpha value is -0.630. The van der Waals surface area contributed by atoms with Gasteiger partial charge in [-0.2, -0.15) is 0 Å². The van der Waals surface area contributed by atoms with Crippen molar-refractivity contribution in [2.75, 3.05) is 5.75 Å². The van der Waals surface area contributed by atoms with E-state index in [0.717, 1.165) is 17.1 Å². The summed E-state index contributed by atoms with van der Waals surface area (Å²) >= 11 is 0. The van der Waals surface area contributed by atoms with Gasteiger partial charge in [0.25, 0.3) is 0 Å². The lowest BCUT2D eigenvalue weighted by molar-refractivity contribution is 0.400. The Labute approximate surface area is 95.4 Å². The van der Waals surface area contributed by atoms with E-state index >= 15 is 0 Å². The fourth-order valence-corrected chi connectivity index (χ4v) is 2.68. The molecule has 0 aliphatic rings. The summed E-state index contributed by atoms with van der Waals surface area (Å²) in [6.45, 7) is 8.58. The molecule has 0 N–H and O–H groups in total. The molecule has 0 saturated carbocycles. The Morgan fingerprint density at radius 3 is 2.13 bits per heavy atom. The topological polar surface area (TPSA) is 17.1 Å². The minimum Gasteiger partial charge on any atom is -0.254 e. The van der Waals surface area contributed by atoms with Gasteiger partial charge in [0.2, 0.25) is 0 Å². The van der Waals surface area contributed by atoms with Crippen LogP contribution in [-0.2, 0) is 10.8 Å². The van der Waals surface area contributed by atoms with E-state index in [2.05, 4.69) is 20.8 Å². The monoisotopic (exact) mass is 224 g/mol. The molecule has 0 amide bonds. The summed E-state index contributed by atoms with van der Waals surface area (Å²) in [6, 6.07) is 7.97. The van der Waals surface area contributed by atoms with Crippen molar-refractivity contribution in [3.63, 3.8) is 0 Å². The summed E-state index contributed by atoms with van der Waals surface area (Å²) < 4.78 is 11.9. The van der Waals surface area contributed by atoms with E-state index < -0.39 is 10.8 Å². The first-order valence-corrected chi connectivity index (χ1v) is 6.65. The minimum atomic E-state index is -0.838. The molecule has 1 nitrogen and oxygen atoms in total. The summed E-state index contributed by atoms with van der Waals surface area (Å²) in [5.41, 5.74) is 1.48. The maximum Gasteiger partial charge on any atom is 0.0529 e. The van der Waals surface area contributed by atoms with E-state index in [0.29, 0.717) is 0 Å². The molecular formula is C13H20OS. The van der Waals surface area contributed by atoms with E-state index in [9.17, 15) is 4.21 Å². The predicted octanol–water partition coefficient (Wildman–Crippen LogP) is 3.54. The Balaban J connectivity index is 2.58. The molecule has 0 aliphatic carbocycles. The zero-order valence-corrected chi connectivity index (χ0v) is 10.9. The lowest BCUT2D eigenvalue weighted by atomic mass is 9.94. The highest BCUT2D eigenvalue weighted by molar-refractivity contribution is 7.85. The van der Waals surface area contributed by atoms with Crippen LogP contribution in [0, 0.1) is 12.3 Å². The highest BCUT2D eigenvalue weighted by Gasteiger charge is 2.12. The van der Waals surface area contributed by atoms with Gasteiger partial charge in [-0.1, -0.05) is 38.5 Å². The highest BCUT2D eigenvalue weighted by Crippen LogP contribution is 2.20. The quantitative estimate of drug-likeness (QED) is 0.767. The normalized spacial score (nSPS) is 13.9. The molecule has 1 aromatic rings. The summed E-state index contributed by atoms with van der Waals surface area (Å²) in [6.07, 6.45) is 0.994. The number of aryl methyl sites for hydroxylation is 1. The number of hydrogen-bond donors (Lipinski definition) is 0. The van der Waals surface area contributed by atoms with Crippen LogP contribution in [0.1, 0.15) is 32.8 Å². The molecule has 1 atom stereocenters. The number of benzene rings is 1. The average Bonchev–Trinajstić information content (AvgIpc) is 2.14. The van der Waals surface area contributed by atoms with Crippen LogP contribution in [0.25, 0.3) is 0 Å². The van der Waals surface area contributed by atoms with Crippen molar-refractivity contribution >= 4 is 10.8 Å². The molecule has 2 heteroatoms.